The van der Waals surface area contributed by atoms with Crippen molar-refractivity contribution in [2.75, 3.05) is 25.5 Å². The quantitative estimate of drug-likeness (QED) is 0.474. The largest absolute Gasteiger partial charge is 0.748 e. The molecule has 0 aromatic heterocycles. The Kier molecular flexibility index (Phi) is 6.42. The summed E-state index contributed by atoms with van der Waals surface area (Å²) in [4.78, 5) is 0. The van der Waals surface area contributed by atoms with Crippen LogP contribution in [0.3, 0.4) is 0 Å². The summed E-state index contributed by atoms with van der Waals surface area (Å²) in [5, 5.41) is 21.2. The fourth-order valence-electron chi connectivity index (χ4n) is 1.59. The van der Waals surface area contributed by atoms with Gasteiger partial charge in [0.1, 0.15) is 0 Å². The van der Waals surface area contributed by atoms with Gasteiger partial charge >= 0.3 is 0 Å². The van der Waals surface area contributed by atoms with Crippen LogP contribution in [0.2, 0.25) is 0 Å². The molecule has 0 rings (SSSR count). The fourth-order valence-corrected chi connectivity index (χ4v) is 1.94. The summed E-state index contributed by atoms with van der Waals surface area (Å²) in [5.41, 5.74) is -0.918. The molecule has 0 aromatic carbocycles. The minimum Gasteiger partial charge on any atom is -0.748 e. The molecule has 0 radical (unpaired) electrons. The van der Waals surface area contributed by atoms with Gasteiger partial charge in [-0.2, -0.15) is 0 Å². The summed E-state index contributed by atoms with van der Waals surface area (Å²) in [6.45, 7) is 3.17. The molecule has 0 spiro atoms. The van der Waals surface area contributed by atoms with E-state index in [1.54, 1.807) is 0 Å². The van der Waals surface area contributed by atoms with Gasteiger partial charge in [0.2, 0.25) is 0 Å². The van der Waals surface area contributed by atoms with Crippen molar-refractivity contribution >= 4 is 10.1 Å². The topological polar surface area (TPSA) is 110 Å². The first-order chi connectivity index (χ1) is 7.24. The summed E-state index contributed by atoms with van der Waals surface area (Å²) in [7, 11) is -4.27. The summed E-state index contributed by atoms with van der Waals surface area (Å²) < 4.78 is 31.2. The highest BCUT2D eigenvalue weighted by Crippen LogP contribution is 2.15. The number of hydrogen-bond donors (Lipinski definition) is 3. The number of nitrogens with one attached hydrogen (secondary N) is 1. The Morgan fingerprint density at radius 1 is 1.31 bits per heavy atom. The normalized spacial score (nSPS) is 13.4. The smallest absolute Gasteiger partial charge is 0.0958 e. The molecule has 7 heteroatoms. The van der Waals surface area contributed by atoms with Crippen LogP contribution in [0.5, 0.6) is 0 Å². The fraction of sp³-hybridized carbons (Fsp3) is 1.00. The van der Waals surface area contributed by atoms with Gasteiger partial charge in [-0.05, 0) is 12.3 Å². The highest BCUT2D eigenvalue weighted by molar-refractivity contribution is 7.85. The van der Waals surface area contributed by atoms with Crippen molar-refractivity contribution in [3.05, 3.63) is 0 Å². The Hall–Kier alpha value is -0.210. The predicted molar refractivity (Wildman–Crippen MR) is 58.9 cm³/mol. The van der Waals surface area contributed by atoms with Crippen LogP contribution in [0.4, 0.5) is 0 Å². The molecule has 0 heterocycles. The Morgan fingerprint density at radius 2 is 1.81 bits per heavy atom. The van der Waals surface area contributed by atoms with Crippen LogP contribution >= 0.6 is 0 Å². The third kappa shape index (κ3) is 6.39. The van der Waals surface area contributed by atoms with Crippen molar-refractivity contribution in [3.8, 4) is 0 Å². The summed E-state index contributed by atoms with van der Waals surface area (Å²) in [6, 6.07) is 0. The minimum atomic E-state index is -4.27. The molecule has 0 bridgehead atoms. The summed E-state index contributed by atoms with van der Waals surface area (Å²) in [6.07, 6.45) is 0.499. The lowest BCUT2D eigenvalue weighted by Crippen LogP contribution is -2.53. The maximum Gasteiger partial charge on any atom is 0.0958 e. The van der Waals surface area contributed by atoms with E-state index in [0.29, 0.717) is 6.42 Å². The number of hydrogen-bond acceptors (Lipinski definition) is 6. The molecule has 0 unspecified atom stereocenters. The second-order valence-electron chi connectivity index (χ2n) is 4.38. The van der Waals surface area contributed by atoms with E-state index >= 15 is 0 Å². The summed E-state index contributed by atoms with van der Waals surface area (Å²) in [5.74, 6) is -0.317. The van der Waals surface area contributed by atoms with Gasteiger partial charge in [0.25, 0.3) is 0 Å². The molecule has 0 atom stereocenters. The van der Waals surface area contributed by atoms with Crippen LogP contribution in [-0.4, -0.2) is 54.2 Å². The Bertz CT molecular complexity index is 284. The highest BCUT2D eigenvalue weighted by atomic mass is 32.2. The maximum atomic E-state index is 10.4. The SMILES string of the molecule is CC(C)CC(CO)(CO)NCCS(=O)(=O)[O-]. The van der Waals surface area contributed by atoms with Crippen molar-refractivity contribution in [2.24, 2.45) is 5.92 Å². The van der Waals surface area contributed by atoms with Gasteiger partial charge in [-0.15, -0.1) is 0 Å². The van der Waals surface area contributed by atoms with E-state index in [4.69, 9.17) is 0 Å². The average molecular weight is 254 g/mol. The first-order valence-corrected chi connectivity index (χ1v) is 6.73. The van der Waals surface area contributed by atoms with Gasteiger partial charge < -0.3 is 20.1 Å². The standard InChI is InChI=1S/C9H21NO5S/c1-8(2)5-9(6-11,7-12)10-3-4-16(13,14)15/h8,10-12H,3-7H2,1-2H3,(H,13,14,15)/p-1. The van der Waals surface area contributed by atoms with E-state index in [1.165, 1.54) is 0 Å². The Balaban J connectivity index is 4.33. The van der Waals surface area contributed by atoms with E-state index in [1.807, 2.05) is 13.8 Å². The zero-order valence-electron chi connectivity index (χ0n) is 9.64. The van der Waals surface area contributed by atoms with Gasteiger partial charge in [-0.25, -0.2) is 8.42 Å². The third-order valence-electron chi connectivity index (χ3n) is 2.26. The average Bonchev–Trinajstić information content (AvgIpc) is 2.13. The molecule has 0 aliphatic heterocycles. The molecule has 0 saturated heterocycles. The van der Waals surface area contributed by atoms with E-state index < -0.39 is 21.4 Å². The second-order valence-corrected chi connectivity index (χ2v) is 5.91. The molecule has 3 N–H and O–H groups in total. The number of aliphatic hydroxyl groups excluding tert-OH is 2. The van der Waals surface area contributed by atoms with Gasteiger partial charge in [0.15, 0.2) is 0 Å². The van der Waals surface area contributed by atoms with Crippen LogP contribution < -0.4 is 5.32 Å². The molecule has 16 heavy (non-hydrogen) atoms. The minimum absolute atomic E-state index is 0.0698. The van der Waals surface area contributed by atoms with Crippen molar-refractivity contribution in [1.29, 1.82) is 0 Å². The second kappa shape index (κ2) is 6.51. The lowest BCUT2D eigenvalue weighted by Gasteiger charge is -2.33. The Labute approximate surface area is 96.4 Å². The molecule has 0 aromatic rings. The Morgan fingerprint density at radius 3 is 2.12 bits per heavy atom. The van der Waals surface area contributed by atoms with Crippen LogP contribution in [0.25, 0.3) is 0 Å². The van der Waals surface area contributed by atoms with E-state index in [-0.39, 0.29) is 25.7 Å². The molecule has 98 valence electrons. The molecule has 0 amide bonds. The van der Waals surface area contributed by atoms with Gasteiger partial charge in [-0.1, -0.05) is 13.8 Å². The van der Waals surface area contributed by atoms with Gasteiger partial charge in [-0.3, -0.25) is 0 Å². The van der Waals surface area contributed by atoms with E-state index in [0.717, 1.165) is 0 Å². The maximum absolute atomic E-state index is 10.4. The van der Waals surface area contributed by atoms with Crippen LogP contribution in [0, 0.1) is 5.92 Å². The molecule has 0 saturated carbocycles. The van der Waals surface area contributed by atoms with Gasteiger partial charge in [0.05, 0.1) is 34.6 Å². The summed E-state index contributed by atoms with van der Waals surface area (Å²) >= 11 is 0. The lowest BCUT2D eigenvalue weighted by molar-refractivity contribution is 0.0759. The third-order valence-corrected chi connectivity index (χ3v) is 2.96. The van der Waals surface area contributed by atoms with Crippen molar-refractivity contribution in [2.45, 2.75) is 25.8 Å². The highest BCUT2D eigenvalue weighted by Gasteiger charge is 2.28. The van der Waals surface area contributed by atoms with E-state index in [2.05, 4.69) is 5.32 Å². The monoisotopic (exact) mass is 254 g/mol. The van der Waals surface area contributed by atoms with Crippen LogP contribution in [0.15, 0.2) is 0 Å². The van der Waals surface area contributed by atoms with Crippen molar-refractivity contribution in [3.63, 3.8) is 0 Å². The number of aliphatic hydroxyl groups is 2. The lowest BCUT2D eigenvalue weighted by atomic mass is 9.90. The zero-order chi connectivity index (χ0) is 12.8. The predicted octanol–water partition coefficient (Wildman–Crippen LogP) is -1.11. The van der Waals surface area contributed by atoms with Crippen LogP contribution in [-0.2, 0) is 10.1 Å². The molecule has 0 fully saturated rings. The van der Waals surface area contributed by atoms with Crippen molar-refractivity contribution < 1.29 is 23.2 Å². The number of rotatable bonds is 8. The molecule has 0 aliphatic carbocycles. The molecular formula is C9H20NO5S-. The van der Waals surface area contributed by atoms with Gasteiger partial charge in [0, 0.05) is 6.54 Å². The first-order valence-electron chi connectivity index (χ1n) is 5.15. The first kappa shape index (κ1) is 15.8. The van der Waals surface area contributed by atoms with Crippen molar-refractivity contribution in [1.82, 2.24) is 5.32 Å². The molecule has 0 aliphatic rings. The van der Waals surface area contributed by atoms with Crippen LogP contribution in [0.1, 0.15) is 20.3 Å². The molecular weight excluding hydrogens is 234 g/mol. The van der Waals surface area contributed by atoms with E-state index in [9.17, 15) is 23.2 Å². The zero-order valence-corrected chi connectivity index (χ0v) is 10.5. The molecule has 6 nitrogen and oxygen atoms in total.